The Hall–Kier alpha value is -4.86. The van der Waals surface area contributed by atoms with E-state index in [9.17, 15) is 20.2 Å². The van der Waals surface area contributed by atoms with E-state index in [-0.39, 0.29) is 11.4 Å². The standard InChI is InChI=1S/C22H16N6O4/c23-14-5-7-15(8-6-14)24-19-11-12-20(18-4-2-1-3-17(18)19)25-26-21-10-9-16(27(29)30)13-22(21)28(31)32/h1-13,24H,23H2. The molecule has 4 aromatic carbocycles. The minimum atomic E-state index is -0.723. The molecule has 0 aliphatic rings. The first-order valence-corrected chi connectivity index (χ1v) is 9.41. The number of nitrogen functional groups attached to an aromatic ring is 1. The molecule has 158 valence electrons. The minimum Gasteiger partial charge on any atom is -0.399 e. The van der Waals surface area contributed by atoms with Gasteiger partial charge in [-0.15, -0.1) is 10.2 Å². The van der Waals surface area contributed by atoms with E-state index in [4.69, 9.17) is 5.73 Å². The Balaban J connectivity index is 1.72. The molecule has 0 saturated heterocycles. The summed E-state index contributed by atoms with van der Waals surface area (Å²) in [4.78, 5) is 20.8. The number of nitrogens with zero attached hydrogens (tertiary/aromatic N) is 4. The third-order valence-corrected chi connectivity index (χ3v) is 4.72. The first kappa shape index (κ1) is 20.4. The summed E-state index contributed by atoms with van der Waals surface area (Å²) in [7, 11) is 0. The highest BCUT2D eigenvalue weighted by molar-refractivity contribution is 6.01. The summed E-state index contributed by atoms with van der Waals surface area (Å²) in [5.41, 5.74) is 7.64. The summed E-state index contributed by atoms with van der Waals surface area (Å²) in [6.07, 6.45) is 0. The quantitative estimate of drug-likeness (QED) is 0.157. The van der Waals surface area contributed by atoms with Crippen molar-refractivity contribution in [1.82, 2.24) is 0 Å². The van der Waals surface area contributed by atoms with Crippen LogP contribution in [-0.2, 0) is 0 Å². The van der Waals surface area contributed by atoms with Gasteiger partial charge in [0, 0.05) is 33.9 Å². The van der Waals surface area contributed by atoms with Crippen LogP contribution in [0.25, 0.3) is 10.8 Å². The molecule has 0 bridgehead atoms. The Labute approximate surface area is 181 Å². The highest BCUT2D eigenvalue weighted by Gasteiger charge is 2.19. The smallest absolute Gasteiger partial charge is 0.303 e. The molecule has 0 aliphatic carbocycles. The van der Waals surface area contributed by atoms with Crippen LogP contribution in [0.3, 0.4) is 0 Å². The molecule has 0 aromatic heterocycles. The molecule has 4 aromatic rings. The Morgan fingerprint density at radius 3 is 2.09 bits per heavy atom. The predicted octanol–water partition coefficient (Wildman–Crippen LogP) is 6.40. The maximum Gasteiger partial charge on any atom is 0.303 e. The molecule has 0 spiro atoms. The molecule has 0 atom stereocenters. The van der Waals surface area contributed by atoms with E-state index in [0.29, 0.717) is 11.4 Å². The fourth-order valence-corrected chi connectivity index (χ4v) is 3.17. The third-order valence-electron chi connectivity index (χ3n) is 4.72. The zero-order valence-electron chi connectivity index (χ0n) is 16.5. The normalized spacial score (nSPS) is 11.0. The molecule has 32 heavy (non-hydrogen) atoms. The van der Waals surface area contributed by atoms with Crippen LogP contribution in [0.2, 0.25) is 0 Å². The van der Waals surface area contributed by atoms with Gasteiger partial charge in [0.15, 0.2) is 5.69 Å². The van der Waals surface area contributed by atoms with Gasteiger partial charge in [0.05, 0.1) is 21.6 Å². The monoisotopic (exact) mass is 428 g/mol. The highest BCUT2D eigenvalue weighted by Crippen LogP contribution is 2.36. The van der Waals surface area contributed by atoms with Gasteiger partial charge in [-0.1, -0.05) is 24.3 Å². The number of hydrogen-bond acceptors (Lipinski definition) is 8. The Morgan fingerprint density at radius 2 is 1.41 bits per heavy atom. The lowest BCUT2D eigenvalue weighted by atomic mass is 10.1. The molecule has 10 heteroatoms. The Bertz CT molecular complexity index is 1370. The van der Waals surface area contributed by atoms with Crippen LogP contribution < -0.4 is 11.1 Å². The van der Waals surface area contributed by atoms with Crippen molar-refractivity contribution in [2.24, 2.45) is 10.2 Å². The molecule has 0 radical (unpaired) electrons. The second-order valence-electron chi connectivity index (χ2n) is 6.81. The summed E-state index contributed by atoms with van der Waals surface area (Å²) in [5, 5.41) is 35.4. The number of rotatable bonds is 6. The number of fused-ring (bicyclic) bond motifs is 1. The maximum atomic E-state index is 11.3. The fraction of sp³-hybridized carbons (Fsp3) is 0. The minimum absolute atomic E-state index is 0.0752. The molecular weight excluding hydrogens is 412 g/mol. The SMILES string of the molecule is Nc1ccc(Nc2ccc(N=Nc3ccc([N+](=O)[O-])cc3[N+](=O)[O-])c3ccccc23)cc1. The lowest BCUT2D eigenvalue weighted by molar-refractivity contribution is -0.393. The average Bonchev–Trinajstić information content (AvgIpc) is 2.79. The van der Waals surface area contributed by atoms with Gasteiger partial charge in [-0.05, 0) is 42.5 Å². The first-order chi connectivity index (χ1) is 15.4. The Morgan fingerprint density at radius 1 is 0.750 bits per heavy atom. The van der Waals surface area contributed by atoms with Gasteiger partial charge in [-0.3, -0.25) is 20.2 Å². The van der Waals surface area contributed by atoms with E-state index in [0.717, 1.165) is 34.3 Å². The van der Waals surface area contributed by atoms with E-state index in [2.05, 4.69) is 15.5 Å². The molecular formula is C22H16N6O4. The van der Waals surface area contributed by atoms with Crippen LogP contribution in [0.5, 0.6) is 0 Å². The summed E-state index contributed by atoms with van der Waals surface area (Å²) in [6, 6.07) is 21.6. The van der Waals surface area contributed by atoms with Crippen molar-refractivity contribution >= 4 is 50.6 Å². The largest absolute Gasteiger partial charge is 0.399 e. The van der Waals surface area contributed by atoms with Crippen LogP contribution >= 0.6 is 0 Å². The number of benzene rings is 4. The second-order valence-corrected chi connectivity index (χ2v) is 6.81. The molecule has 0 amide bonds. The summed E-state index contributed by atoms with van der Waals surface area (Å²) in [5.74, 6) is 0. The van der Waals surface area contributed by atoms with E-state index in [1.165, 1.54) is 6.07 Å². The van der Waals surface area contributed by atoms with Crippen LogP contribution in [0.4, 0.5) is 39.8 Å². The van der Waals surface area contributed by atoms with Gasteiger partial charge in [0.1, 0.15) is 0 Å². The van der Waals surface area contributed by atoms with E-state index >= 15 is 0 Å². The van der Waals surface area contributed by atoms with Gasteiger partial charge in [-0.25, -0.2) is 0 Å². The zero-order chi connectivity index (χ0) is 22.7. The van der Waals surface area contributed by atoms with Crippen molar-refractivity contribution in [3.63, 3.8) is 0 Å². The van der Waals surface area contributed by atoms with Gasteiger partial charge in [0.25, 0.3) is 5.69 Å². The first-order valence-electron chi connectivity index (χ1n) is 9.41. The van der Waals surface area contributed by atoms with Crippen molar-refractivity contribution in [1.29, 1.82) is 0 Å². The van der Waals surface area contributed by atoms with E-state index in [1.54, 1.807) is 18.2 Å². The summed E-state index contributed by atoms with van der Waals surface area (Å²) >= 11 is 0. The van der Waals surface area contributed by atoms with Crippen LogP contribution in [-0.4, -0.2) is 9.85 Å². The van der Waals surface area contributed by atoms with Crippen molar-refractivity contribution in [2.45, 2.75) is 0 Å². The fourth-order valence-electron chi connectivity index (χ4n) is 3.17. The number of nitro groups is 2. The van der Waals surface area contributed by atoms with Gasteiger partial charge >= 0.3 is 5.69 Å². The van der Waals surface area contributed by atoms with E-state index in [1.807, 2.05) is 42.5 Å². The number of nitro benzene ring substituents is 2. The Kier molecular flexibility index (Phi) is 5.41. The molecule has 0 saturated carbocycles. The van der Waals surface area contributed by atoms with Gasteiger partial charge in [0.2, 0.25) is 0 Å². The van der Waals surface area contributed by atoms with E-state index < -0.39 is 15.5 Å². The summed E-state index contributed by atoms with van der Waals surface area (Å²) < 4.78 is 0. The number of azo groups is 1. The molecule has 0 fully saturated rings. The highest BCUT2D eigenvalue weighted by atomic mass is 16.6. The number of hydrogen-bond donors (Lipinski definition) is 2. The topological polar surface area (TPSA) is 149 Å². The lowest BCUT2D eigenvalue weighted by Crippen LogP contribution is -1.93. The summed E-state index contributed by atoms with van der Waals surface area (Å²) in [6.45, 7) is 0. The molecule has 4 rings (SSSR count). The van der Waals surface area contributed by atoms with Crippen LogP contribution in [0.15, 0.2) is 89.1 Å². The predicted molar refractivity (Wildman–Crippen MR) is 122 cm³/mol. The molecule has 0 unspecified atom stereocenters. The van der Waals surface area contributed by atoms with Crippen molar-refractivity contribution in [3.05, 3.63) is 99.1 Å². The van der Waals surface area contributed by atoms with Crippen LogP contribution in [0.1, 0.15) is 0 Å². The van der Waals surface area contributed by atoms with Gasteiger partial charge in [-0.2, -0.15) is 0 Å². The van der Waals surface area contributed by atoms with Gasteiger partial charge < -0.3 is 11.1 Å². The molecule has 0 aliphatic heterocycles. The lowest BCUT2D eigenvalue weighted by Gasteiger charge is -2.11. The molecule has 10 nitrogen and oxygen atoms in total. The number of nitrogens with two attached hydrogens (primary N) is 1. The third kappa shape index (κ3) is 4.19. The number of non-ortho nitro benzene ring substituents is 1. The number of nitrogens with one attached hydrogen (secondary N) is 1. The maximum absolute atomic E-state index is 11.3. The van der Waals surface area contributed by atoms with Crippen molar-refractivity contribution < 1.29 is 9.85 Å². The van der Waals surface area contributed by atoms with Crippen molar-refractivity contribution in [2.75, 3.05) is 11.1 Å². The van der Waals surface area contributed by atoms with Crippen LogP contribution in [0, 0.1) is 20.2 Å². The molecule has 3 N–H and O–H groups in total. The number of anilines is 3. The van der Waals surface area contributed by atoms with Crippen molar-refractivity contribution in [3.8, 4) is 0 Å². The second kappa shape index (κ2) is 8.48. The average molecular weight is 428 g/mol. The molecule has 0 heterocycles. The zero-order valence-corrected chi connectivity index (χ0v) is 16.5.